The van der Waals surface area contributed by atoms with Gasteiger partial charge in [0.1, 0.15) is 24.1 Å². The summed E-state index contributed by atoms with van der Waals surface area (Å²) in [7, 11) is -3.87. The lowest BCUT2D eigenvalue weighted by Gasteiger charge is -2.35. The maximum atomic E-state index is 14.3. The van der Waals surface area contributed by atoms with Crippen LogP contribution in [0.15, 0.2) is 115 Å². The Balaban J connectivity index is 1.44. The van der Waals surface area contributed by atoms with Gasteiger partial charge in [-0.1, -0.05) is 98.1 Å². The summed E-state index contributed by atoms with van der Waals surface area (Å²) in [5.41, 5.74) is 2.07. The molecule has 1 saturated carbocycles. The van der Waals surface area contributed by atoms with Crippen molar-refractivity contribution in [2.45, 2.75) is 57.2 Å². The first-order chi connectivity index (χ1) is 22.3. The summed E-state index contributed by atoms with van der Waals surface area (Å²) < 4.78 is 33.2. The largest absolute Gasteiger partial charge is 0.457 e. The van der Waals surface area contributed by atoms with E-state index in [-0.39, 0.29) is 18.5 Å². The number of para-hydroxylation sites is 1. The van der Waals surface area contributed by atoms with Gasteiger partial charge >= 0.3 is 0 Å². The molecule has 1 aliphatic rings. The second-order valence-electron chi connectivity index (χ2n) is 11.7. The number of hydrogen-bond donors (Lipinski definition) is 1. The molecule has 0 radical (unpaired) electrons. The van der Waals surface area contributed by atoms with E-state index in [1.54, 1.807) is 24.3 Å². The van der Waals surface area contributed by atoms with Gasteiger partial charge in [0.25, 0.3) is 0 Å². The van der Waals surface area contributed by atoms with Gasteiger partial charge in [0, 0.05) is 19.0 Å². The third-order valence-electron chi connectivity index (χ3n) is 8.20. The molecule has 1 fully saturated rings. The number of anilines is 1. The number of amides is 2. The summed E-state index contributed by atoms with van der Waals surface area (Å²) in [5, 5.41) is 3.22. The summed E-state index contributed by atoms with van der Waals surface area (Å²) >= 11 is 0. The van der Waals surface area contributed by atoms with Crippen LogP contribution in [0.3, 0.4) is 0 Å². The summed E-state index contributed by atoms with van der Waals surface area (Å²) in [6, 6.07) is 34.1. The number of nitrogens with zero attached hydrogens (tertiary/aromatic N) is 2. The molecular formula is C37H41N3O5S. The highest BCUT2D eigenvalue weighted by atomic mass is 32.2. The van der Waals surface area contributed by atoms with Crippen LogP contribution in [-0.2, 0) is 32.6 Å². The van der Waals surface area contributed by atoms with Crippen LogP contribution in [0.2, 0.25) is 0 Å². The van der Waals surface area contributed by atoms with Gasteiger partial charge in [-0.15, -0.1) is 0 Å². The molecule has 0 saturated heterocycles. The van der Waals surface area contributed by atoms with Gasteiger partial charge < -0.3 is 15.0 Å². The molecule has 1 atom stereocenters. The van der Waals surface area contributed by atoms with E-state index in [0.29, 0.717) is 23.6 Å². The normalized spacial score (nSPS) is 14.2. The van der Waals surface area contributed by atoms with Gasteiger partial charge in [-0.3, -0.25) is 13.9 Å². The van der Waals surface area contributed by atoms with Crippen molar-refractivity contribution in [3.63, 3.8) is 0 Å². The zero-order valence-corrected chi connectivity index (χ0v) is 26.9. The number of ether oxygens (including phenoxy) is 1. The quantitative estimate of drug-likeness (QED) is 0.184. The molecule has 2 amide bonds. The molecule has 1 aliphatic carbocycles. The summed E-state index contributed by atoms with van der Waals surface area (Å²) in [4.78, 5) is 29.9. The number of benzene rings is 4. The van der Waals surface area contributed by atoms with Crippen LogP contribution < -0.4 is 14.4 Å². The third kappa shape index (κ3) is 9.20. The molecule has 0 heterocycles. The van der Waals surface area contributed by atoms with E-state index < -0.39 is 28.5 Å². The fourth-order valence-corrected chi connectivity index (χ4v) is 6.65. The Kier molecular flexibility index (Phi) is 11.1. The Bertz CT molecular complexity index is 1660. The first kappa shape index (κ1) is 32.8. The number of carbonyl (C=O) groups is 2. The van der Waals surface area contributed by atoms with Crippen molar-refractivity contribution in [3.8, 4) is 11.5 Å². The summed E-state index contributed by atoms with van der Waals surface area (Å²) in [5.74, 6) is 0.479. The van der Waals surface area contributed by atoms with Gasteiger partial charge in [0.15, 0.2) is 0 Å². The highest BCUT2D eigenvalue weighted by Gasteiger charge is 2.34. The van der Waals surface area contributed by atoms with Crippen molar-refractivity contribution >= 4 is 27.5 Å². The summed E-state index contributed by atoms with van der Waals surface area (Å²) in [6.07, 6.45) is 6.44. The van der Waals surface area contributed by atoms with Crippen molar-refractivity contribution in [2.24, 2.45) is 0 Å². The van der Waals surface area contributed by atoms with Crippen LogP contribution in [0.4, 0.5) is 5.69 Å². The van der Waals surface area contributed by atoms with E-state index in [1.165, 1.54) is 4.90 Å². The number of hydrogen-bond acceptors (Lipinski definition) is 5. The SMILES string of the molecule is CS(=O)(=O)N(CC(=O)N(Cc1ccccc1)[C@@H](Cc1ccccc1)C(=O)NC1CCCCC1)c1ccc(Oc2ccccc2)cc1. The lowest BCUT2D eigenvalue weighted by Crippen LogP contribution is -2.55. The highest BCUT2D eigenvalue weighted by molar-refractivity contribution is 7.92. The van der Waals surface area contributed by atoms with Gasteiger partial charge in [-0.25, -0.2) is 8.42 Å². The predicted octanol–water partition coefficient (Wildman–Crippen LogP) is 6.33. The number of nitrogens with one attached hydrogen (secondary N) is 1. The maximum absolute atomic E-state index is 14.3. The van der Waals surface area contributed by atoms with E-state index >= 15 is 0 Å². The molecule has 4 aromatic carbocycles. The Morgan fingerprint density at radius 3 is 1.89 bits per heavy atom. The Morgan fingerprint density at radius 1 is 0.761 bits per heavy atom. The fraction of sp³-hybridized carbons (Fsp3) is 0.297. The van der Waals surface area contributed by atoms with Crippen LogP contribution in [0.1, 0.15) is 43.2 Å². The molecule has 9 heteroatoms. The van der Waals surface area contributed by atoms with E-state index in [4.69, 9.17) is 4.74 Å². The minimum atomic E-state index is -3.87. The third-order valence-corrected chi connectivity index (χ3v) is 9.34. The van der Waals surface area contributed by atoms with E-state index in [2.05, 4.69) is 5.32 Å². The van der Waals surface area contributed by atoms with Crippen molar-refractivity contribution in [1.29, 1.82) is 0 Å². The fourth-order valence-electron chi connectivity index (χ4n) is 5.80. The second-order valence-corrected chi connectivity index (χ2v) is 13.6. The molecule has 0 unspecified atom stereocenters. The zero-order valence-electron chi connectivity index (χ0n) is 26.1. The topological polar surface area (TPSA) is 96.0 Å². The van der Waals surface area contributed by atoms with E-state index in [0.717, 1.165) is 53.8 Å². The number of sulfonamides is 1. The molecule has 1 N–H and O–H groups in total. The average molecular weight is 640 g/mol. The monoisotopic (exact) mass is 639 g/mol. The van der Waals surface area contributed by atoms with Crippen molar-refractivity contribution < 1.29 is 22.7 Å². The van der Waals surface area contributed by atoms with Crippen molar-refractivity contribution in [1.82, 2.24) is 10.2 Å². The molecule has 8 nitrogen and oxygen atoms in total. The first-order valence-corrected chi connectivity index (χ1v) is 17.6. The standard InChI is InChI=1S/C37H41N3O5S/c1-46(43,44)40(32-22-24-34(25-23-32)45-33-20-12-5-13-21-33)28-36(41)39(27-30-16-8-3-9-17-30)35(26-29-14-6-2-7-15-29)37(42)38-31-18-10-4-11-19-31/h2-3,5-9,12-17,20-25,31,35H,4,10-11,18-19,26-28H2,1H3,(H,38,42)/t35-/m0/s1. The minimum Gasteiger partial charge on any atom is -0.457 e. The number of rotatable bonds is 13. The molecule has 0 bridgehead atoms. The average Bonchev–Trinajstić information content (AvgIpc) is 3.07. The molecular weight excluding hydrogens is 598 g/mol. The van der Waals surface area contributed by atoms with Crippen LogP contribution in [0.25, 0.3) is 0 Å². The second kappa shape index (κ2) is 15.6. The lowest BCUT2D eigenvalue weighted by molar-refractivity contribution is -0.140. The zero-order chi connectivity index (χ0) is 32.4. The first-order valence-electron chi connectivity index (χ1n) is 15.7. The van der Waals surface area contributed by atoms with Gasteiger partial charge in [0.05, 0.1) is 11.9 Å². The lowest BCUT2D eigenvalue weighted by atomic mass is 9.94. The van der Waals surface area contributed by atoms with Crippen molar-refractivity contribution in [2.75, 3.05) is 17.1 Å². The molecule has 0 spiro atoms. The smallest absolute Gasteiger partial charge is 0.244 e. The number of carbonyl (C=O) groups excluding carboxylic acids is 2. The Labute approximate surface area is 272 Å². The Morgan fingerprint density at radius 2 is 1.30 bits per heavy atom. The molecule has 0 aliphatic heterocycles. The highest BCUT2D eigenvalue weighted by Crippen LogP contribution is 2.26. The predicted molar refractivity (Wildman–Crippen MR) is 181 cm³/mol. The minimum absolute atomic E-state index is 0.0531. The molecule has 4 aromatic rings. The van der Waals surface area contributed by atoms with Crippen molar-refractivity contribution in [3.05, 3.63) is 126 Å². The molecule has 5 rings (SSSR count). The Hall–Kier alpha value is -4.63. The van der Waals surface area contributed by atoms with Crippen LogP contribution in [-0.4, -0.2) is 50.0 Å². The van der Waals surface area contributed by atoms with Crippen LogP contribution in [0, 0.1) is 0 Å². The summed E-state index contributed by atoms with van der Waals surface area (Å²) in [6.45, 7) is -0.316. The van der Waals surface area contributed by atoms with Crippen LogP contribution in [0.5, 0.6) is 11.5 Å². The maximum Gasteiger partial charge on any atom is 0.244 e. The molecule has 0 aromatic heterocycles. The molecule has 46 heavy (non-hydrogen) atoms. The van der Waals surface area contributed by atoms with Gasteiger partial charge in [-0.05, 0) is 60.4 Å². The van der Waals surface area contributed by atoms with Crippen LogP contribution >= 0.6 is 0 Å². The van der Waals surface area contributed by atoms with E-state index in [9.17, 15) is 18.0 Å². The van der Waals surface area contributed by atoms with Gasteiger partial charge in [-0.2, -0.15) is 0 Å². The van der Waals surface area contributed by atoms with Gasteiger partial charge in [0.2, 0.25) is 21.8 Å². The van der Waals surface area contributed by atoms with E-state index in [1.807, 2.05) is 91.0 Å². The molecule has 240 valence electrons.